The molecule has 0 saturated heterocycles. The Hall–Kier alpha value is -2.42. The Morgan fingerprint density at radius 3 is 2.20 bits per heavy atom. The van der Waals surface area contributed by atoms with Gasteiger partial charge in [0.05, 0.1) is 0 Å². The minimum atomic E-state index is 0.522. The van der Waals surface area contributed by atoms with Gasteiger partial charge in [0.25, 0.3) is 5.89 Å². The third-order valence-corrected chi connectivity index (χ3v) is 3.28. The van der Waals surface area contributed by atoms with Crippen molar-refractivity contribution in [2.75, 3.05) is 0 Å². The zero-order valence-electron chi connectivity index (χ0n) is 11.6. The molecule has 3 aromatic rings. The predicted molar refractivity (Wildman–Crippen MR) is 79.3 cm³/mol. The van der Waals surface area contributed by atoms with Crippen LogP contribution >= 0.6 is 0 Å². The van der Waals surface area contributed by atoms with Crippen LogP contribution in [0.1, 0.15) is 25.3 Å². The van der Waals surface area contributed by atoms with Crippen LogP contribution in [0.5, 0.6) is 0 Å². The summed E-state index contributed by atoms with van der Waals surface area (Å²) in [5.74, 6) is 1.70. The van der Waals surface area contributed by atoms with Crippen LogP contribution in [0.15, 0.2) is 59.1 Å². The largest absolute Gasteiger partial charge is 0.334 e. The van der Waals surface area contributed by atoms with Crippen LogP contribution in [0.4, 0.5) is 0 Å². The molecule has 0 saturated carbocycles. The van der Waals surface area contributed by atoms with E-state index in [1.54, 1.807) is 0 Å². The third-order valence-electron chi connectivity index (χ3n) is 3.28. The lowest BCUT2D eigenvalue weighted by Crippen LogP contribution is -1.87. The van der Waals surface area contributed by atoms with Gasteiger partial charge in [-0.2, -0.15) is 4.98 Å². The third kappa shape index (κ3) is 2.48. The molecule has 0 spiro atoms. The normalized spacial score (nSPS) is 10.9. The van der Waals surface area contributed by atoms with E-state index in [-0.39, 0.29) is 0 Å². The maximum absolute atomic E-state index is 5.32. The Labute approximate surface area is 118 Å². The van der Waals surface area contributed by atoms with Crippen molar-refractivity contribution in [1.82, 2.24) is 10.1 Å². The Morgan fingerprint density at radius 1 is 0.850 bits per heavy atom. The van der Waals surface area contributed by atoms with Crippen molar-refractivity contribution in [2.24, 2.45) is 0 Å². The summed E-state index contributed by atoms with van der Waals surface area (Å²) in [6, 6.07) is 18.1. The zero-order chi connectivity index (χ0) is 13.9. The van der Waals surface area contributed by atoms with E-state index in [0.717, 1.165) is 11.1 Å². The van der Waals surface area contributed by atoms with E-state index in [1.807, 2.05) is 42.5 Å². The fourth-order valence-corrected chi connectivity index (χ4v) is 2.06. The Kier molecular flexibility index (Phi) is 3.33. The van der Waals surface area contributed by atoms with Gasteiger partial charge >= 0.3 is 0 Å². The molecule has 100 valence electrons. The molecular formula is C17H16N2O. The van der Waals surface area contributed by atoms with Gasteiger partial charge in [0.1, 0.15) is 0 Å². The molecule has 20 heavy (non-hydrogen) atoms. The van der Waals surface area contributed by atoms with Gasteiger partial charge in [-0.15, -0.1) is 0 Å². The number of aromatic nitrogens is 2. The van der Waals surface area contributed by atoms with E-state index in [4.69, 9.17) is 4.52 Å². The van der Waals surface area contributed by atoms with Crippen LogP contribution < -0.4 is 0 Å². The van der Waals surface area contributed by atoms with Crippen molar-refractivity contribution in [1.29, 1.82) is 0 Å². The van der Waals surface area contributed by atoms with E-state index in [2.05, 4.69) is 36.1 Å². The van der Waals surface area contributed by atoms with Gasteiger partial charge in [-0.1, -0.05) is 61.5 Å². The maximum Gasteiger partial charge on any atom is 0.258 e. The van der Waals surface area contributed by atoms with E-state index in [9.17, 15) is 0 Å². The molecule has 0 atom stereocenters. The van der Waals surface area contributed by atoms with E-state index < -0.39 is 0 Å². The molecule has 3 nitrogen and oxygen atoms in total. The number of rotatable bonds is 3. The highest BCUT2D eigenvalue weighted by atomic mass is 16.5. The Morgan fingerprint density at radius 2 is 1.55 bits per heavy atom. The molecule has 0 amide bonds. The summed E-state index contributed by atoms with van der Waals surface area (Å²) < 4.78 is 5.32. The molecule has 0 aliphatic rings. The lowest BCUT2D eigenvalue weighted by atomic mass is 10.0. The van der Waals surface area contributed by atoms with Gasteiger partial charge in [0.2, 0.25) is 5.82 Å². The molecule has 0 N–H and O–H groups in total. The van der Waals surface area contributed by atoms with Gasteiger partial charge in [-0.25, -0.2) is 0 Å². The van der Waals surface area contributed by atoms with Gasteiger partial charge in [0.15, 0.2) is 0 Å². The lowest BCUT2D eigenvalue weighted by molar-refractivity contribution is 0.432. The first kappa shape index (κ1) is 12.6. The second-order valence-electron chi connectivity index (χ2n) is 5.07. The highest BCUT2D eigenvalue weighted by Gasteiger charge is 2.10. The summed E-state index contributed by atoms with van der Waals surface area (Å²) in [6.45, 7) is 4.35. The monoisotopic (exact) mass is 264 g/mol. The van der Waals surface area contributed by atoms with Gasteiger partial charge < -0.3 is 4.52 Å². The quantitative estimate of drug-likeness (QED) is 0.697. The van der Waals surface area contributed by atoms with Crippen LogP contribution in [-0.4, -0.2) is 10.1 Å². The summed E-state index contributed by atoms with van der Waals surface area (Å²) in [4.78, 5) is 4.45. The molecule has 0 bridgehead atoms. The minimum Gasteiger partial charge on any atom is -0.334 e. The standard InChI is InChI=1S/C17H16N2O/c1-12(2)13-8-10-14(11-9-13)16-18-17(20-19-16)15-6-4-3-5-7-15/h3-12H,1-2H3. The molecule has 2 aromatic carbocycles. The molecule has 0 aliphatic heterocycles. The fourth-order valence-electron chi connectivity index (χ4n) is 2.06. The van der Waals surface area contributed by atoms with Crippen LogP contribution in [-0.2, 0) is 0 Å². The average molecular weight is 264 g/mol. The summed E-state index contributed by atoms with van der Waals surface area (Å²) in [5.41, 5.74) is 3.21. The van der Waals surface area contributed by atoms with Crippen LogP contribution in [0, 0.1) is 0 Å². The Balaban J connectivity index is 1.90. The number of nitrogens with zero attached hydrogens (tertiary/aromatic N) is 2. The average Bonchev–Trinajstić information content (AvgIpc) is 2.98. The first-order valence-electron chi connectivity index (χ1n) is 6.73. The Bertz CT molecular complexity index is 685. The number of benzene rings is 2. The molecular weight excluding hydrogens is 248 g/mol. The molecule has 0 unspecified atom stereocenters. The molecule has 0 aliphatic carbocycles. The van der Waals surface area contributed by atoms with Crippen molar-refractivity contribution in [2.45, 2.75) is 19.8 Å². The van der Waals surface area contributed by atoms with E-state index >= 15 is 0 Å². The smallest absolute Gasteiger partial charge is 0.258 e. The van der Waals surface area contributed by atoms with Crippen LogP contribution in [0.25, 0.3) is 22.8 Å². The van der Waals surface area contributed by atoms with Gasteiger partial charge in [-0.05, 0) is 23.6 Å². The highest BCUT2D eigenvalue weighted by Crippen LogP contribution is 2.23. The van der Waals surface area contributed by atoms with Crippen molar-refractivity contribution in [3.63, 3.8) is 0 Å². The van der Waals surface area contributed by atoms with E-state index in [0.29, 0.717) is 17.6 Å². The SMILES string of the molecule is CC(C)c1ccc(-c2noc(-c3ccccc3)n2)cc1. The second-order valence-corrected chi connectivity index (χ2v) is 5.07. The second kappa shape index (κ2) is 5.29. The summed E-state index contributed by atoms with van der Waals surface area (Å²) in [7, 11) is 0. The lowest BCUT2D eigenvalue weighted by Gasteiger charge is -2.04. The van der Waals surface area contributed by atoms with Crippen molar-refractivity contribution in [3.8, 4) is 22.8 Å². The first-order valence-corrected chi connectivity index (χ1v) is 6.73. The molecule has 0 radical (unpaired) electrons. The molecule has 0 fully saturated rings. The summed E-state index contributed by atoms with van der Waals surface area (Å²) in [5, 5.41) is 4.05. The molecule has 1 aromatic heterocycles. The predicted octanol–water partition coefficient (Wildman–Crippen LogP) is 4.53. The maximum atomic E-state index is 5.32. The summed E-state index contributed by atoms with van der Waals surface area (Å²) >= 11 is 0. The van der Waals surface area contributed by atoms with Crippen molar-refractivity contribution >= 4 is 0 Å². The molecule has 1 heterocycles. The van der Waals surface area contributed by atoms with Gasteiger partial charge in [-0.3, -0.25) is 0 Å². The topological polar surface area (TPSA) is 38.9 Å². The summed E-state index contributed by atoms with van der Waals surface area (Å²) in [6.07, 6.45) is 0. The number of hydrogen-bond donors (Lipinski definition) is 0. The highest BCUT2D eigenvalue weighted by molar-refractivity contribution is 5.59. The van der Waals surface area contributed by atoms with E-state index in [1.165, 1.54) is 5.56 Å². The molecule has 3 rings (SSSR count). The van der Waals surface area contributed by atoms with Crippen LogP contribution in [0.2, 0.25) is 0 Å². The fraction of sp³-hybridized carbons (Fsp3) is 0.176. The molecule has 3 heteroatoms. The minimum absolute atomic E-state index is 0.522. The van der Waals surface area contributed by atoms with Gasteiger partial charge in [0, 0.05) is 11.1 Å². The zero-order valence-corrected chi connectivity index (χ0v) is 11.6. The van der Waals surface area contributed by atoms with Crippen molar-refractivity contribution < 1.29 is 4.52 Å². The van der Waals surface area contributed by atoms with Crippen LogP contribution in [0.3, 0.4) is 0 Å². The number of hydrogen-bond acceptors (Lipinski definition) is 3. The van der Waals surface area contributed by atoms with Crippen molar-refractivity contribution in [3.05, 3.63) is 60.2 Å². The first-order chi connectivity index (χ1) is 9.74.